The van der Waals surface area contributed by atoms with Crippen LogP contribution in [0.4, 0.5) is 0 Å². The van der Waals surface area contributed by atoms with Crippen LogP contribution in [0, 0.1) is 0 Å². The van der Waals surface area contributed by atoms with Crippen LogP contribution in [0.5, 0.6) is 0 Å². The second-order valence-corrected chi connectivity index (χ2v) is 4.22. The molecule has 0 radical (unpaired) electrons. The van der Waals surface area contributed by atoms with Crippen LogP contribution in [-0.2, 0) is 9.53 Å². The minimum Gasteiger partial charge on any atom is -0.465 e. The van der Waals surface area contributed by atoms with E-state index in [2.05, 4.69) is 0 Å². The Morgan fingerprint density at radius 1 is 1.25 bits per heavy atom. The van der Waals surface area contributed by atoms with Gasteiger partial charge in [-0.15, -0.1) is 11.8 Å². The first-order valence-electron chi connectivity index (χ1n) is 5.03. The number of esters is 1. The van der Waals surface area contributed by atoms with E-state index in [1.54, 1.807) is 19.1 Å². The quantitative estimate of drug-likeness (QED) is 0.449. The molecule has 0 saturated carbocycles. The van der Waals surface area contributed by atoms with E-state index < -0.39 is 0 Å². The molecule has 0 bridgehead atoms. The molecule has 1 rings (SSSR count). The predicted octanol–water partition coefficient (Wildman–Crippen LogP) is 2.54. The van der Waals surface area contributed by atoms with Gasteiger partial charge < -0.3 is 4.74 Å². The Balaban J connectivity index is 2.49. The van der Waals surface area contributed by atoms with Gasteiger partial charge in [-0.25, -0.2) is 0 Å². The first kappa shape index (κ1) is 12.8. The number of ether oxygens (including phenoxy) is 1. The fraction of sp³-hybridized carbons (Fsp3) is 0.333. The highest BCUT2D eigenvalue weighted by molar-refractivity contribution is 8.00. The Kier molecular flexibility index (Phi) is 5.05. The summed E-state index contributed by atoms with van der Waals surface area (Å²) >= 11 is 1.40. The van der Waals surface area contributed by atoms with Crippen LogP contribution in [0.1, 0.15) is 24.2 Å². The maximum atomic E-state index is 11.1. The van der Waals surface area contributed by atoms with E-state index >= 15 is 0 Å². The molecule has 0 aliphatic heterocycles. The Morgan fingerprint density at radius 3 is 2.38 bits per heavy atom. The number of thioether (sulfide) groups is 1. The van der Waals surface area contributed by atoms with E-state index in [-0.39, 0.29) is 11.8 Å². The number of ketones is 1. The van der Waals surface area contributed by atoms with Gasteiger partial charge in [0.2, 0.25) is 0 Å². The van der Waals surface area contributed by atoms with Gasteiger partial charge in [0.05, 0.1) is 12.4 Å². The largest absolute Gasteiger partial charge is 0.465 e. The van der Waals surface area contributed by atoms with Crippen molar-refractivity contribution in [3.05, 3.63) is 29.8 Å². The molecule has 4 heteroatoms. The van der Waals surface area contributed by atoms with E-state index in [1.807, 2.05) is 12.1 Å². The van der Waals surface area contributed by atoms with Crippen molar-refractivity contribution < 1.29 is 14.3 Å². The van der Waals surface area contributed by atoms with E-state index in [1.165, 1.54) is 18.7 Å². The van der Waals surface area contributed by atoms with Crippen LogP contribution >= 0.6 is 11.8 Å². The summed E-state index contributed by atoms with van der Waals surface area (Å²) in [5.74, 6) is 0.123. The summed E-state index contributed by atoms with van der Waals surface area (Å²) in [5.41, 5.74) is 0.681. The molecule has 1 aromatic carbocycles. The summed E-state index contributed by atoms with van der Waals surface area (Å²) in [6.45, 7) is 3.72. The molecular weight excluding hydrogens is 224 g/mol. The van der Waals surface area contributed by atoms with Crippen LogP contribution in [0.25, 0.3) is 0 Å². The van der Waals surface area contributed by atoms with E-state index in [9.17, 15) is 9.59 Å². The number of carbonyl (C=O) groups is 2. The van der Waals surface area contributed by atoms with Crippen molar-refractivity contribution in [2.24, 2.45) is 0 Å². The minimum atomic E-state index is -0.219. The molecule has 0 aliphatic carbocycles. The smallest absolute Gasteiger partial charge is 0.316 e. The molecular formula is C12H14O3S. The molecule has 0 heterocycles. The Hall–Kier alpha value is -1.29. The van der Waals surface area contributed by atoms with Crippen molar-refractivity contribution in [2.45, 2.75) is 18.7 Å². The monoisotopic (exact) mass is 238 g/mol. The van der Waals surface area contributed by atoms with Gasteiger partial charge in [-0.1, -0.05) is 12.1 Å². The summed E-state index contributed by atoms with van der Waals surface area (Å²) in [5, 5.41) is 0. The van der Waals surface area contributed by atoms with Crippen LogP contribution in [0.15, 0.2) is 29.2 Å². The third-order valence-corrected chi connectivity index (χ3v) is 2.91. The molecule has 0 spiro atoms. The average molecular weight is 238 g/mol. The molecule has 0 aliphatic rings. The number of hydrogen-bond donors (Lipinski definition) is 0. The molecule has 3 nitrogen and oxygen atoms in total. The van der Waals surface area contributed by atoms with Gasteiger partial charge in [-0.3, -0.25) is 9.59 Å². The maximum absolute atomic E-state index is 11.1. The summed E-state index contributed by atoms with van der Waals surface area (Å²) in [7, 11) is 0. The van der Waals surface area contributed by atoms with Crippen molar-refractivity contribution in [3.8, 4) is 0 Å². The molecule has 16 heavy (non-hydrogen) atoms. The normalized spacial score (nSPS) is 9.88. The Morgan fingerprint density at radius 2 is 1.88 bits per heavy atom. The van der Waals surface area contributed by atoms with Gasteiger partial charge >= 0.3 is 5.97 Å². The molecule has 0 fully saturated rings. The Bertz CT molecular complexity index is 370. The highest BCUT2D eigenvalue weighted by Gasteiger charge is 2.04. The van der Waals surface area contributed by atoms with Gasteiger partial charge in [0.1, 0.15) is 0 Å². The third kappa shape index (κ3) is 4.06. The average Bonchev–Trinajstić information content (AvgIpc) is 2.27. The Labute approximate surface area is 99.2 Å². The zero-order valence-corrected chi connectivity index (χ0v) is 10.2. The molecule has 0 N–H and O–H groups in total. The lowest BCUT2D eigenvalue weighted by atomic mass is 10.2. The summed E-state index contributed by atoms with van der Waals surface area (Å²) in [4.78, 5) is 23.1. The highest BCUT2D eigenvalue weighted by Crippen LogP contribution is 2.18. The number of Topliss-reactive ketones (excluding diaryl/α,β-unsaturated/α-hetero) is 1. The van der Waals surface area contributed by atoms with E-state index in [0.717, 1.165) is 4.90 Å². The van der Waals surface area contributed by atoms with E-state index in [0.29, 0.717) is 17.9 Å². The number of hydrogen-bond acceptors (Lipinski definition) is 4. The SMILES string of the molecule is CCOC(=O)CSc1ccc(C(C)=O)cc1. The first-order valence-corrected chi connectivity index (χ1v) is 6.01. The van der Waals surface area contributed by atoms with Gasteiger partial charge in [-0.2, -0.15) is 0 Å². The topological polar surface area (TPSA) is 43.4 Å². The van der Waals surface area contributed by atoms with Crippen molar-refractivity contribution in [1.82, 2.24) is 0 Å². The predicted molar refractivity (Wildman–Crippen MR) is 63.8 cm³/mol. The summed E-state index contributed by atoms with van der Waals surface area (Å²) < 4.78 is 4.81. The van der Waals surface area contributed by atoms with Gasteiger partial charge in [-0.05, 0) is 26.0 Å². The number of benzene rings is 1. The lowest BCUT2D eigenvalue weighted by molar-refractivity contribution is -0.139. The molecule has 0 saturated heterocycles. The molecule has 0 amide bonds. The van der Waals surface area contributed by atoms with Crippen LogP contribution in [-0.4, -0.2) is 24.1 Å². The number of carbonyl (C=O) groups excluding carboxylic acids is 2. The standard InChI is InChI=1S/C12H14O3S/c1-3-15-12(14)8-16-11-6-4-10(5-7-11)9(2)13/h4-7H,3,8H2,1-2H3. The van der Waals surface area contributed by atoms with Crippen LogP contribution in [0.3, 0.4) is 0 Å². The molecule has 0 unspecified atom stereocenters. The van der Waals surface area contributed by atoms with Crippen molar-refractivity contribution >= 4 is 23.5 Å². The summed E-state index contributed by atoms with van der Waals surface area (Å²) in [6.07, 6.45) is 0. The zero-order chi connectivity index (χ0) is 12.0. The van der Waals surface area contributed by atoms with Crippen LogP contribution in [0.2, 0.25) is 0 Å². The van der Waals surface area contributed by atoms with E-state index in [4.69, 9.17) is 4.74 Å². The second-order valence-electron chi connectivity index (χ2n) is 3.17. The van der Waals surface area contributed by atoms with Crippen molar-refractivity contribution in [1.29, 1.82) is 0 Å². The fourth-order valence-electron chi connectivity index (χ4n) is 1.13. The second kappa shape index (κ2) is 6.33. The first-order chi connectivity index (χ1) is 7.63. The van der Waals surface area contributed by atoms with Crippen LogP contribution < -0.4 is 0 Å². The zero-order valence-electron chi connectivity index (χ0n) is 9.36. The molecule has 1 aromatic rings. The van der Waals surface area contributed by atoms with Crippen molar-refractivity contribution in [3.63, 3.8) is 0 Å². The lowest BCUT2D eigenvalue weighted by Crippen LogP contribution is -2.06. The lowest BCUT2D eigenvalue weighted by Gasteiger charge is -2.02. The number of rotatable bonds is 5. The molecule has 0 aromatic heterocycles. The third-order valence-electron chi connectivity index (χ3n) is 1.92. The minimum absolute atomic E-state index is 0.0435. The maximum Gasteiger partial charge on any atom is 0.316 e. The van der Waals surface area contributed by atoms with Crippen molar-refractivity contribution in [2.75, 3.05) is 12.4 Å². The fourth-order valence-corrected chi connectivity index (χ4v) is 1.83. The van der Waals surface area contributed by atoms with Gasteiger partial charge in [0.15, 0.2) is 5.78 Å². The molecule has 0 atom stereocenters. The van der Waals surface area contributed by atoms with Gasteiger partial charge in [0, 0.05) is 10.5 Å². The highest BCUT2D eigenvalue weighted by atomic mass is 32.2. The summed E-state index contributed by atoms with van der Waals surface area (Å²) in [6, 6.07) is 7.19. The molecule has 86 valence electrons. The van der Waals surface area contributed by atoms with Gasteiger partial charge in [0.25, 0.3) is 0 Å².